The van der Waals surface area contributed by atoms with Gasteiger partial charge >= 0.3 is 6.03 Å². The standard InChI is InChI=1S/C23H23F2N5O2/c1-15(23(2,3)32)28-21-26-13-12-20(29-21)30(18-10-8-17(24)9-11-18)22(31)27-14-16-6-4-5-7-19(16)25/h4-13,32H,14H2,1-3H3,(H,27,31). The number of aliphatic imine (C=N–C) groups is 1. The lowest BCUT2D eigenvalue weighted by Gasteiger charge is -2.22. The minimum Gasteiger partial charge on any atom is -0.385 e. The number of halogens is 2. The van der Waals surface area contributed by atoms with Gasteiger partial charge in [0.25, 0.3) is 5.95 Å². The number of carbonyl (C=O) groups excluding carboxylic acids is 1. The smallest absolute Gasteiger partial charge is 0.327 e. The van der Waals surface area contributed by atoms with Crippen LogP contribution < -0.4 is 10.2 Å². The van der Waals surface area contributed by atoms with Crippen molar-refractivity contribution in [2.75, 3.05) is 4.90 Å². The Hall–Kier alpha value is -3.72. The number of benzene rings is 2. The molecule has 0 bridgehead atoms. The summed E-state index contributed by atoms with van der Waals surface area (Å²) in [5.41, 5.74) is -0.140. The first kappa shape index (κ1) is 23.0. The summed E-state index contributed by atoms with van der Waals surface area (Å²) in [6.07, 6.45) is 1.42. The van der Waals surface area contributed by atoms with E-state index < -0.39 is 23.3 Å². The predicted octanol–water partition coefficient (Wildman–Crippen LogP) is 4.67. The third-order valence-electron chi connectivity index (χ3n) is 4.69. The van der Waals surface area contributed by atoms with E-state index in [9.17, 15) is 18.7 Å². The highest BCUT2D eigenvalue weighted by atomic mass is 19.1. The van der Waals surface area contributed by atoms with Gasteiger partial charge in [-0.05, 0) is 51.1 Å². The summed E-state index contributed by atoms with van der Waals surface area (Å²) < 4.78 is 27.4. The Morgan fingerprint density at radius 3 is 2.47 bits per heavy atom. The minimum absolute atomic E-state index is 0.0381. The minimum atomic E-state index is -1.17. The van der Waals surface area contributed by atoms with Crippen LogP contribution in [-0.2, 0) is 6.54 Å². The van der Waals surface area contributed by atoms with Gasteiger partial charge in [0.15, 0.2) is 0 Å². The molecule has 2 N–H and O–H groups in total. The topological polar surface area (TPSA) is 90.7 Å². The Morgan fingerprint density at radius 1 is 1.12 bits per heavy atom. The van der Waals surface area contributed by atoms with Crippen LogP contribution in [0.2, 0.25) is 0 Å². The fourth-order valence-electron chi connectivity index (χ4n) is 2.64. The van der Waals surface area contributed by atoms with Crippen LogP contribution in [0.4, 0.5) is 31.0 Å². The number of carbonyl (C=O) groups is 1. The number of urea groups is 1. The molecule has 7 nitrogen and oxygen atoms in total. The Kier molecular flexibility index (Phi) is 6.89. The Morgan fingerprint density at radius 2 is 1.81 bits per heavy atom. The molecule has 1 heterocycles. The molecule has 0 atom stereocenters. The van der Waals surface area contributed by atoms with Crippen LogP contribution in [0, 0.1) is 11.6 Å². The first-order chi connectivity index (χ1) is 15.1. The summed E-state index contributed by atoms with van der Waals surface area (Å²) >= 11 is 0. The molecule has 0 fully saturated rings. The highest BCUT2D eigenvalue weighted by Crippen LogP contribution is 2.25. The number of rotatable bonds is 6. The van der Waals surface area contributed by atoms with E-state index in [0.717, 1.165) is 0 Å². The van der Waals surface area contributed by atoms with Crippen molar-refractivity contribution in [3.63, 3.8) is 0 Å². The van der Waals surface area contributed by atoms with E-state index in [1.54, 1.807) is 39.0 Å². The number of nitrogens with zero attached hydrogens (tertiary/aromatic N) is 4. The zero-order valence-corrected chi connectivity index (χ0v) is 17.9. The van der Waals surface area contributed by atoms with Gasteiger partial charge in [-0.25, -0.2) is 28.5 Å². The Bertz CT molecular complexity index is 1130. The van der Waals surface area contributed by atoms with Crippen molar-refractivity contribution in [1.82, 2.24) is 15.3 Å². The van der Waals surface area contributed by atoms with Gasteiger partial charge in [0.05, 0.1) is 11.3 Å². The summed E-state index contributed by atoms with van der Waals surface area (Å²) in [6.45, 7) is 4.74. The molecule has 2 aromatic carbocycles. The molecule has 0 aliphatic rings. The summed E-state index contributed by atoms with van der Waals surface area (Å²) in [7, 11) is 0. The second kappa shape index (κ2) is 9.61. The molecule has 0 unspecified atom stereocenters. The van der Waals surface area contributed by atoms with Crippen molar-refractivity contribution in [1.29, 1.82) is 0 Å². The average molecular weight is 439 g/mol. The Labute approximate surface area is 184 Å². The molecule has 0 aliphatic carbocycles. The zero-order valence-electron chi connectivity index (χ0n) is 17.9. The van der Waals surface area contributed by atoms with Gasteiger partial charge in [-0.3, -0.25) is 0 Å². The predicted molar refractivity (Wildman–Crippen MR) is 118 cm³/mol. The largest absolute Gasteiger partial charge is 0.385 e. The second-order valence-corrected chi connectivity index (χ2v) is 7.53. The molecule has 1 aromatic heterocycles. The Balaban J connectivity index is 1.95. The van der Waals surface area contributed by atoms with E-state index >= 15 is 0 Å². The molecule has 0 saturated carbocycles. The maximum absolute atomic E-state index is 13.9. The first-order valence-electron chi connectivity index (χ1n) is 9.83. The van der Waals surface area contributed by atoms with Crippen LogP contribution in [0.3, 0.4) is 0 Å². The number of aliphatic hydroxyl groups is 1. The van der Waals surface area contributed by atoms with Crippen molar-refractivity contribution in [2.45, 2.75) is 32.9 Å². The molecule has 9 heteroatoms. The number of amides is 2. The summed E-state index contributed by atoms with van der Waals surface area (Å²) in [5.74, 6) is -0.702. The number of aromatic nitrogens is 2. The molecule has 2 amide bonds. The SMILES string of the molecule is CC(=Nc1nccc(N(C(=O)NCc2ccccc2F)c2ccc(F)cc2)n1)C(C)(C)O. The number of hydrogen-bond donors (Lipinski definition) is 2. The van der Waals surface area contributed by atoms with Crippen molar-refractivity contribution in [3.8, 4) is 0 Å². The zero-order chi connectivity index (χ0) is 23.3. The normalized spacial score (nSPS) is 11.9. The third kappa shape index (κ3) is 5.70. The van der Waals surface area contributed by atoms with Crippen LogP contribution in [0.5, 0.6) is 0 Å². The van der Waals surface area contributed by atoms with Crippen LogP contribution in [0.1, 0.15) is 26.3 Å². The summed E-state index contributed by atoms with van der Waals surface area (Å²) in [6, 6.07) is 12.3. The van der Waals surface area contributed by atoms with E-state index in [1.807, 2.05) is 0 Å². The molecule has 0 spiro atoms. The van der Waals surface area contributed by atoms with Gasteiger partial charge in [-0.15, -0.1) is 0 Å². The fourth-order valence-corrected chi connectivity index (χ4v) is 2.64. The molecule has 3 aromatic rings. The van der Waals surface area contributed by atoms with Crippen molar-refractivity contribution >= 4 is 29.2 Å². The van der Waals surface area contributed by atoms with E-state index in [-0.39, 0.29) is 18.3 Å². The molecular weight excluding hydrogens is 416 g/mol. The van der Waals surface area contributed by atoms with Crippen LogP contribution in [0.25, 0.3) is 0 Å². The van der Waals surface area contributed by atoms with Gasteiger partial charge in [-0.1, -0.05) is 18.2 Å². The number of hydrogen-bond acceptors (Lipinski definition) is 5. The number of nitrogens with one attached hydrogen (secondary N) is 1. The van der Waals surface area contributed by atoms with Crippen LogP contribution in [-0.4, -0.2) is 32.4 Å². The number of anilines is 2. The first-order valence-corrected chi connectivity index (χ1v) is 9.83. The highest BCUT2D eigenvalue weighted by Gasteiger charge is 2.21. The van der Waals surface area contributed by atoms with E-state index in [4.69, 9.17) is 0 Å². The molecule has 166 valence electrons. The summed E-state index contributed by atoms with van der Waals surface area (Å²) in [4.78, 5) is 26.9. The van der Waals surface area contributed by atoms with Gasteiger partial charge in [0, 0.05) is 30.1 Å². The fraction of sp³-hybridized carbons (Fsp3) is 0.217. The van der Waals surface area contributed by atoms with E-state index in [1.165, 1.54) is 47.5 Å². The van der Waals surface area contributed by atoms with Crippen molar-refractivity contribution in [3.05, 3.63) is 78.0 Å². The van der Waals surface area contributed by atoms with Crippen molar-refractivity contribution < 1.29 is 18.7 Å². The lowest BCUT2D eigenvalue weighted by atomic mass is 10.1. The summed E-state index contributed by atoms with van der Waals surface area (Å²) in [5, 5.41) is 12.7. The van der Waals surface area contributed by atoms with Gasteiger partial charge < -0.3 is 10.4 Å². The molecule has 3 rings (SSSR count). The van der Waals surface area contributed by atoms with Crippen molar-refractivity contribution in [2.24, 2.45) is 4.99 Å². The molecule has 0 radical (unpaired) electrons. The van der Waals surface area contributed by atoms with Crippen LogP contribution in [0.15, 0.2) is 65.8 Å². The molecule has 0 saturated heterocycles. The van der Waals surface area contributed by atoms with Crippen LogP contribution >= 0.6 is 0 Å². The quantitative estimate of drug-likeness (QED) is 0.547. The second-order valence-electron chi connectivity index (χ2n) is 7.53. The maximum atomic E-state index is 13.9. The van der Waals surface area contributed by atoms with E-state index in [0.29, 0.717) is 17.0 Å². The average Bonchev–Trinajstić information content (AvgIpc) is 2.74. The lowest BCUT2D eigenvalue weighted by molar-refractivity contribution is 0.153. The maximum Gasteiger partial charge on any atom is 0.327 e. The van der Waals surface area contributed by atoms with E-state index in [2.05, 4.69) is 20.3 Å². The van der Waals surface area contributed by atoms with Gasteiger partial charge in [0.1, 0.15) is 17.5 Å². The molecule has 32 heavy (non-hydrogen) atoms. The lowest BCUT2D eigenvalue weighted by Crippen LogP contribution is -2.37. The van der Waals surface area contributed by atoms with Gasteiger partial charge in [-0.2, -0.15) is 4.98 Å². The molecule has 0 aliphatic heterocycles. The third-order valence-corrected chi connectivity index (χ3v) is 4.69. The monoisotopic (exact) mass is 439 g/mol. The highest BCUT2D eigenvalue weighted by molar-refractivity contribution is 5.98. The molecular formula is C23H23F2N5O2. The van der Waals surface area contributed by atoms with Gasteiger partial charge in [0.2, 0.25) is 0 Å².